The first kappa shape index (κ1) is 20.9. The number of ether oxygens (including phenoxy) is 1. The maximum absolute atomic E-state index is 12.3. The lowest BCUT2D eigenvalue weighted by Crippen LogP contribution is -2.30. The second kappa shape index (κ2) is 10.0. The summed E-state index contributed by atoms with van der Waals surface area (Å²) >= 11 is 0. The third kappa shape index (κ3) is 5.72. The Bertz CT molecular complexity index is 606. The van der Waals surface area contributed by atoms with Gasteiger partial charge in [0.15, 0.2) is 0 Å². The van der Waals surface area contributed by atoms with Gasteiger partial charge >= 0.3 is 5.97 Å². The smallest absolute Gasteiger partial charge is 0.325 e. The Labute approximate surface area is 153 Å². The Morgan fingerprint density at radius 3 is 2.48 bits per heavy atom. The molecule has 1 aliphatic rings. The number of carbonyl (C=O) groups excluding carboxylic acids is 3. The fraction of sp³-hybridized carbons (Fsp3) is 0.471. The Morgan fingerprint density at radius 1 is 1.20 bits per heavy atom. The molecule has 0 aromatic heterocycles. The number of hydrogen-bond acceptors (Lipinski definition) is 5. The van der Waals surface area contributed by atoms with Gasteiger partial charge in [0.1, 0.15) is 6.54 Å². The lowest BCUT2D eigenvalue weighted by Gasteiger charge is -2.17. The number of carbonyl (C=O) groups is 3. The van der Waals surface area contributed by atoms with Gasteiger partial charge in [-0.25, -0.2) is 0 Å². The zero-order valence-electron chi connectivity index (χ0n) is 14.1. The van der Waals surface area contributed by atoms with E-state index in [0.717, 1.165) is 19.3 Å². The number of esters is 1. The molecule has 0 spiro atoms. The van der Waals surface area contributed by atoms with E-state index in [2.05, 4.69) is 15.4 Å². The molecule has 2 amide bonds. The number of benzene rings is 1. The summed E-state index contributed by atoms with van der Waals surface area (Å²) in [5, 5.41) is 5.33. The molecule has 0 heterocycles. The van der Waals surface area contributed by atoms with Crippen molar-refractivity contribution in [3.8, 4) is 0 Å². The van der Waals surface area contributed by atoms with Crippen LogP contribution in [0.5, 0.6) is 0 Å². The Kier molecular flexibility index (Phi) is 8.37. The molecule has 1 saturated carbocycles. The number of nitrogens with one attached hydrogen (secondary N) is 2. The molecule has 1 fully saturated rings. The Balaban J connectivity index is 0.00000312. The summed E-state index contributed by atoms with van der Waals surface area (Å²) in [5.41, 5.74) is 6.74. The highest BCUT2D eigenvalue weighted by molar-refractivity contribution is 5.97. The molecule has 0 radical (unpaired) electrons. The lowest BCUT2D eigenvalue weighted by molar-refractivity contribution is -0.139. The third-order valence-corrected chi connectivity index (χ3v) is 4.33. The topological polar surface area (TPSA) is 111 Å². The molecule has 1 aromatic carbocycles. The maximum atomic E-state index is 12.3. The molecule has 0 saturated heterocycles. The van der Waals surface area contributed by atoms with E-state index in [1.165, 1.54) is 7.11 Å². The van der Waals surface area contributed by atoms with Crippen molar-refractivity contribution >= 4 is 35.9 Å². The standard InChI is InChI=1S/C17H23N3O4.ClH/c1-24-15(21)10-19-16(22)11-5-7-13(8-6-11)20-17(23)14-4-2-3-12(14)9-18;/h5-8,12,14H,2-4,9-10,18H2,1H3,(H,19,22)(H,20,23);1H/t12-,14-;/m1./s1. The minimum Gasteiger partial charge on any atom is -0.468 e. The van der Waals surface area contributed by atoms with Gasteiger partial charge < -0.3 is 21.1 Å². The minimum absolute atomic E-state index is 0. The van der Waals surface area contributed by atoms with Crippen LogP contribution in [0, 0.1) is 11.8 Å². The zero-order chi connectivity index (χ0) is 17.5. The van der Waals surface area contributed by atoms with Gasteiger partial charge in [0.05, 0.1) is 7.11 Å². The van der Waals surface area contributed by atoms with Crippen LogP contribution in [0.1, 0.15) is 29.6 Å². The number of amides is 2. The fourth-order valence-electron chi connectivity index (χ4n) is 2.93. The van der Waals surface area contributed by atoms with E-state index in [0.29, 0.717) is 17.8 Å². The molecular formula is C17H24ClN3O4. The molecule has 0 unspecified atom stereocenters. The molecule has 25 heavy (non-hydrogen) atoms. The van der Waals surface area contributed by atoms with E-state index in [1.54, 1.807) is 24.3 Å². The predicted molar refractivity (Wildman–Crippen MR) is 96.6 cm³/mol. The summed E-state index contributed by atoms with van der Waals surface area (Å²) in [4.78, 5) is 35.2. The highest BCUT2D eigenvalue weighted by Gasteiger charge is 2.31. The van der Waals surface area contributed by atoms with E-state index >= 15 is 0 Å². The van der Waals surface area contributed by atoms with Crippen molar-refractivity contribution in [2.24, 2.45) is 17.6 Å². The van der Waals surface area contributed by atoms with Crippen LogP contribution < -0.4 is 16.4 Å². The average Bonchev–Trinajstić information content (AvgIpc) is 3.08. The summed E-state index contributed by atoms with van der Waals surface area (Å²) in [6.07, 6.45) is 2.88. The molecule has 1 aliphatic carbocycles. The van der Waals surface area contributed by atoms with E-state index in [4.69, 9.17) is 5.73 Å². The normalized spacial score (nSPS) is 18.8. The average molecular weight is 370 g/mol. The second-order valence-corrected chi connectivity index (χ2v) is 5.86. The first-order chi connectivity index (χ1) is 11.5. The highest BCUT2D eigenvalue weighted by atomic mass is 35.5. The van der Waals surface area contributed by atoms with Crippen LogP contribution in [-0.4, -0.2) is 38.0 Å². The number of hydrogen-bond donors (Lipinski definition) is 3. The van der Waals surface area contributed by atoms with Crippen molar-refractivity contribution in [1.29, 1.82) is 0 Å². The van der Waals surface area contributed by atoms with Crippen LogP contribution in [0.15, 0.2) is 24.3 Å². The number of methoxy groups -OCH3 is 1. The number of anilines is 1. The Morgan fingerprint density at radius 2 is 1.88 bits per heavy atom. The van der Waals surface area contributed by atoms with E-state index < -0.39 is 5.97 Å². The van der Waals surface area contributed by atoms with E-state index in [1.807, 2.05) is 0 Å². The van der Waals surface area contributed by atoms with Gasteiger partial charge in [-0.2, -0.15) is 0 Å². The Hall–Kier alpha value is -2.12. The van der Waals surface area contributed by atoms with Gasteiger partial charge in [-0.15, -0.1) is 12.4 Å². The van der Waals surface area contributed by atoms with Crippen molar-refractivity contribution in [3.63, 3.8) is 0 Å². The van der Waals surface area contributed by atoms with Crippen molar-refractivity contribution < 1.29 is 19.1 Å². The first-order valence-corrected chi connectivity index (χ1v) is 8.01. The monoisotopic (exact) mass is 369 g/mol. The van der Waals surface area contributed by atoms with Crippen molar-refractivity contribution in [2.75, 3.05) is 25.5 Å². The lowest BCUT2D eigenvalue weighted by atomic mass is 9.95. The minimum atomic E-state index is -0.516. The predicted octanol–water partition coefficient (Wildman–Crippen LogP) is 1.32. The summed E-state index contributed by atoms with van der Waals surface area (Å²) < 4.78 is 4.46. The molecule has 0 aliphatic heterocycles. The summed E-state index contributed by atoms with van der Waals surface area (Å²) in [5.74, 6) is -0.715. The number of halogens is 1. The van der Waals surface area contributed by atoms with Gasteiger partial charge in [0, 0.05) is 17.2 Å². The van der Waals surface area contributed by atoms with Gasteiger partial charge in [-0.3, -0.25) is 14.4 Å². The number of rotatable bonds is 6. The largest absolute Gasteiger partial charge is 0.468 e. The zero-order valence-corrected chi connectivity index (χ0v) is 14.9. The highest BCUT2D eigenvalue weighted by Crippen LogP contribution is 2.31. The molecular weight excluding hydrogens is 346 g/mol. The number of nitrogens with two attached hydrogens (primary N) is 1. The van der Waals surface area contributed by atoms with Crippen molar-refractivity contribution in [3.05, 3.63) is 29.8 Å². The molecule has 8 heteroatoms. The quantitative estimate of drug-likeness (QED) is 0.655. The molecule has 0 bridgehead atoms. The summed E-state index contributed by atoms with van der Waals surface area (Å²) in [6.45, 7) is 0.341. The fourth-order valence-corrected chi connectivity index (χ4v) is 2.93. The maximum Gasteiger partial charge on any atom is 0.325 e. The van der Waals surface area contributed by atoms with Crippen LogP contribution >= 0.6 is 12.4 Å². The van der Waals surface area contributed by atoms with Crippen LogP contribution in [0.25, 0.3) is 0 Å². The third-order valence-electron chi connectivity index (χ3n) is 4.33. The SMILES string of the molecule is COC(=O)CNC(=O)c1ccc(NC(=O)[C@@H]2CCC[C@@H]2CN)cc1.Cl. The van der Waals surface area contributed by atoms with Crippen LogP contribution in [0.3, 0.4) is 0 Å². The van der Waals surface area contributed by atoms with Crippen LogP contribution in [0.2, 0.25) is 0 Å². The molecule has 7 nitrogen and oxygen atoms in total. The summed E-state index contributed by atoms with van der Waals surface area (Å²) in [6, 6.07) is 6.52. The summed E-state index contributed by atoms with van der Waals surface area (Å²) in [7, 11) is 1.26. The molecule has 2 rings (SSSR count). The van der Waals surface area contributed by atoms with Crippen molar-refractivity contribution in [1.82, 2.24) is 5.32 Å². The molecule has 1 aromatic rings. The van der Waals surface area contributed by atoms with Crippen LogP contribution in [-0.2, 0) is 14.3 Å². The van der Waals surface area contributed by atoms with E-state index in [9.17, 15) is 14.4 Å². The van der Waals surface area contributed by atoms with E-state index in [-0.39, 0.29) is 42.6 Å². The van der Waals surface area contributed by atoms with Crippen LogP contribution in [0.4, 0.5) is 5.69 Å². The molecule has 138 valence electrons. The molecule has 4 N–H and O–H groups in total. The molecule has 2 atom stereocenters. The van der Waals surface area contributed by atoms with Gasteiger partial charge in [-0.1, -0.05) is 6.42 Å². The van der Waals surface area contributed by atoms with Crippen molar-refractivity contribution in [2.45, 2.75) is 19.3 Å². The second-order valence-electron chi connectivity index (χ2n) is 5.86. The van der Waals surface area contributed by atoms with Gasteiger partial charge in [0.25, 0.3) is 5.91 Å². The first-order valence-electron chi connectivity index (χ1n) is 8.01. The van der Waals surface area contributed by atoms with Gasteiger partial charge in [0.2, 0.25) is 5.91 Å². The van der Waals surface area contributed by atoms with Gasteiger partial charge in [-0.05, 0) is 49.6 Å².